The lowest BCUT2D eigenvalue weighted by Crippen LogP contribution is -2.03. The summed E-state index contributed by atoms with van der Waals surface area (Å²) in [5.74, 6) is -0.212. The monoisotopic (exact) mass is 576 g/mol. The first-order valence-electron chi connectivity index (χ1n) is 13.3. The zero-order valence-electron chi connectivity index (χ0n) is 22.8. The fourth-order valence-corrected chi connectivity index (χ4v) is 4.47. The molecule has 6 aromatic rings. The molecule has 0 aliphatic heterocycles. The molecule has 43 heavy (non-hydrogen) atoms. The van der Waals surface area contributed by atoms with E-state index in [-0.39, 0.29) is 17.2 Å². The van der Waals surface area contributed by atoms with Crippen LogP contribution < -0.4 is 0 Å². The molecule has 0 bridgehead atoms. The Morgan fingerprint density at radius 3 is 2.35 bits per heavy atom. The first-order chi connectivity index (χ1) is 20.7. The second-order valence-corrected chi connectivity index (χ2v) is 9.86. The van der Waals surface area contributed by atoms with Crippen LogP contribution in [-0.4, -0.2) is 15.6 Å². The van der Waals surface area contributed by atoms with Crippen LogP contribution in [0.15, 0.2) is 130 Å². The van der Waals surface area contributed by atoms with Crippen LogP contribution in [0.3, 0.4) is 0 Å². The Morgan fingerprint density at radius 1 is 0.860 bits per heavy atom. The number of rotatable bonds is 7. The number of carbonyl (C=O) groups excluding carboxylic acids is 1. The van der Waals surface area contributed by atoms with Crippen molar-refractivity contribution in [3.63, 3.8) is 0 Å². The first-order valence-corrected chi connectivity index (χ1v) is 13.3. The highest BCUT2D eigenvalue weighted by atomic mass is 19.4. The molecular formula is C34H23F3N4O2. The van der Waals surface area contributed by atoms with Gasteiger partial charge >= 0.3 is 6.18 Å². The number of nitrogens with zero attached hydrogens (tertiary/aromatic N) is 4. The number of allylic oxidation sites excluding steroid dienone is 1. The van der Waals surface area contributed by atoms with E-state index in [1.54, 1.807) is 35.0 Å². The van der Waals surface area contributed by atoms with Crippen LogP contribution in [0, 0.1) is 6.92 Å². The van der Waals surface area contributed by atoms with Gasteiger partial charge in [-0.3, -0.25) is 4.79 Å². The van der Waals surface area contributed by atoms with Crippen LogP contribution in [-0.2, 0) is 6.18 Å². The number of ketones is 1. The third-order valence-corrected chi connectivity index (χ3v) is 6.70. The number of furan rings is 1. The van der Waals surface area contributed by atoms with E-state index in [4.69, 9.17) is 9.52 Å². The minimum absolute atomic E-state index is 0.0657. The lowest BCUT2D eigenvalue weighted by atomic mass is 10.1. The van der Waals surface area contributed by atoms with E-state index in [2.05, 4.69) is 10.2 Å². The van der Waals surface area contributed by atoms with Crippen molar-refractivity contribution in [3.05, 3.63) is 138 Å². The van der Waals surface area contributed by atoms with E-state index in [9.17, 15) is 18.0 Å². The van der Waals surface area contributed by atoms with Gasteiger partial charge in [0, 0.05) is 28.8 Å². The van der Waals surface area contributed by atoms with Gasteiger partial charge in [-0.1, -0.05) is 54.1 Å². The van der Waals surface area contributed by atoms with Crippen LogP contribution in [0.25, 0.3) is 34.0 Å². The molecule has 0 spiro atoms. The number of hydrogen-bond donors (Lipinski definition) is 0. The molecule has 0 unspecified atom stereocenters. The van der Waals surface area contributed by atoms with E-state index in [0.29, 0.717) is 16.7 Å². The van der Waals surface area contributed by atoms with E-state index < -0.39 is 11.7 Å². The van der Waals surface area contributed by atoms with Gasteiger partial charge in [0.1, 0.15) is 5.58 Å². The van der Waals surface area contributed by atoms with E-state index in [0.717, 1.165) is 40.2 Å². The Labute approximate surface area is 244 Å². The second kappa shape index (κ2) is 11.4. The molecule has 0 radical (unpaired) electrons. The smallest absolute Gasteiger partial charge is 0.416 e. The van der Waals surface area contributed by atoms with E-state index >= 15 is 0 Å². The largest absolute Gasteiger partial charge is 0.453 e. The molecular weight excluding hydrogens is 553 g/mol. The Balaban J connectivity index is 1.25. The fourth-order valence-electron chi connectivity index (χ4n) is 4.47. The van der Waals surface area contributed by atoms with Gasteiger partial charge in [0.2, 0.25) is 5.78 Å². The summed E-state index contributed by atoms with van der Waals surface area (Å²) in [5.41, 5.74) is 4.45. The lowest BCUT2D eigenvalue weighted by Gasteiger charge is -2.05. The van der Waals surface area contributed by atoms with Gasteiger partial charge < -0.3 is 4.42 Å². The highest BCUT2D eigenvalue weighted by Gasteiger charge is 2.30. The number of aryl methyl sites for hydroxylation is 1. The molecule has 0 N–H and O–H groups in total. The Kier molecular flexibility index (Phi) is 7.29. The number of hydrogen-bond acceptors (Lipinski definition) is 5. The van der Waals surface area contributed by atoms with Crippen LogP contribution in [0.1, 0.15) is 27.2 Å². The number of para-hydroxylation sites is 1. The number of fused-ring (bicyclic) bond motifs is 1. The van der Waals surface area contributed by atoms with Crippen molar-refractivity contribution < 1.29 is 22.4 Å². The highest BCUT2D eigenvalue weighted by molar-refractivity contribution is 6.07. The lowest BCUT2D eigenvalue weighted by molar-refractivity contribution is -0.137. The van der Waals surface area contributed by atoms with Gasteiger partial charge in [-0.2, -0.15) is 28.5 Å². The average Bonchev–Trinajstić information content (AvgIpc) is 3.64. The van der Waals surface area contributed by atoms with Gasteiger partial charge in [-0.25, -0.2) is 4.68 Å². The second-order valence-electron chi connectivity index (χ2n) is 9.86. The normalized spacial score (nSPS) is 12.1. The third-order valence-electron chi connectivity index (χ3n) is 6.70. The van der Waals surface area contributed by atoms with Crippen molar-refractivity contribution in [2.75, 3.05) is 0 Å². The molecule has 4 aromatic carbocycles. The maximum Gasteiger partial charge on any atom is 0.416 e. The quantitative estimate of drug-likeness (QED) is 0.108. The Bertz CT molecular complexity index is 1990. The van der Waals surface area contributed by atoms with Gasteiger partial charge in [-0.05, 0) is 67.6 Å². The molecule has 6 rings (SSSR count). The van der Waals surface area contributed by atoms with Crippen molar-refractivity contribution in [2.24, 2.45) is 10.2 Å². The zero-order chi connectivity index (χ0) is 30.0. The summed E-state index contributed by atoms with van der Waals surface area (Å²) < 4.78 is 46.5. The van der Waals surface area contributed by atoms with Crippen molar-refractivity contribution in [2.45, 2.75) is 13.1 Å². The predicted octanol–water partition coefficient (Wildman–Crippen LogP) is 9.92. The van der Waals surface area contributed by atoms with E-state index in [1.165, 1.54) is 18.2 Å². The molecule has 0 atom stereocenters. The molecule has 2 aromatic heterocycles. The van der Waals surface area contributed by atoms with Crippen molar-refractivity contribution in [3.8, 4) is 16.9 Å². The molecule has 0 amide bonds. The number of alkyl halides is 3. The van der Waals surface area contributed by atoms with Gasteiger partial charge in [0.25, 0.3) is 0 Å². The molecule has 0 saturated carbocycles. The molecule has 0 aliphatic rings. The van der Waals surface area contributed by atoms with Crippen LogP contribution in [0.5, 0.6) is 0 Å². The third kappa shape index (κ3) is 6.20. The molecule has 9 heteroatoms. The minimum Gasteiger partial charge on any atom is -0.453 e. The van der Waals surface area contributed by atoms with Crippen LogP contribution in [0.4, 0.5) is 24.5 Å². The summed E-state index contributed by atoms with van der Waals surface area (Å²) in [6, 6.07) is 28.9. The summed E-state index contributed by atoms with van der Waals surface area (Å²) in [7, 11) is 0. The molecule has 6 nitrogen and oxygen atoms in total. The number of azo groups is 1. The highest BCUT2D eigenvalue weighted by Crippen LogP contribution is 2.32. The van der Waals surface area contributed by atoms with Gasteiger partial charge in [0.15, 0.2) is 5.76 Å². The molecule has 212 valence electrons. The summed E-state index contributed by atoms with van der Waals surface area (Å²) in [4.78, 5) is 13.1. The Morgan fingerprint density at radius 2 is 1.60 bits per heavy atom. The number of aromatic nitrogens is 2. The van der Waals surface area contributed by atoms with Crippen LogP contribution in [0.2, 0.25) is 0 Å². The van der Waals surface area contributed by atoms with Gasteiger partial charge in [0.05, 0.1) is 28.3 Å². The van der Waals surface area contributed by atoms with Gasteiger partial charge in [-0.15, -0.1) is 0 Å². The number of halogens is 3. The molecule has 0 fully saturated rings. The zero-order valence-corrected chi connectivity index (χ0v) is 22.8. The molecule has 2 heterocycles. The average molecular weight is 577 g/mol. The molecule has 0 saturated heterocycles. The summed E-state index contributed by atoms with van der Waals surface area (Å²) >= 11 is 0. The number of carbonyl (C=O) groups is 1. The maximum absolute atomic E-state index is 13.1. The van der Waals surface area contributed by atoms with Crippen molar-refractivity contribution >= 4 is 34.2 Å². The Hall–Kier alpha value is -5.57. The topological polar surface area (TPSA) is 72.8 Å². The van der Waals surface area contributed by atoms with E-state index in [1.807, 2.05) is 67.7 Å². The predicted molar refractivity (Wildman–Crippen MR) is 159 cm³/mol. The SMILES string of the molecule is Cc1ccc(-c2nn(-c3ccccc3)cc2/C=C/C(=O)c2cc3ccc(N=Nc4cccc(C(F)(F)F)c4)cc3o2)cc1. The summed E-state index contributed by atoms with van der Waals surface area (Å²) in [6.45, 7) is 2.02. The summed E-state index contributed by atoms with van der Waals surface area (Å²) in [6.07, 6.45) is 0.553. The van der Waals surface area contributed by atoms with Crippen molar-refractivity contribution in [1.29, 1.82) is 0 Å². The minimum atomic E-state index is -4.47. The number of benzene rings is 4. The summed E-state index contributed by atoms with van der Waals surface area (Å²) in [5, 5.41) is 13.4. The maximum atomic E-state index is 13.1. The standard InChI is InChI=1S/C34H23F3N4O2/c1-22-10-12-23(13-11-22)33-25(21-41(40-33)29-8-3-2-4-9-29)15-17-30(42)32-18-24-14-16-28(20-31(24)43-32)39-38-27-7-5-6-26(19-27)34(35,36)37/h2-21H,1H3/b17-15+,39-38?. The fraction of sp³-hybridized carbons (Fsp3) is 0.0588. The molecule has 0 aliphatic carbocycles. The first kappa shape index (κ1) is 27.6. The van der Waals surface area contributed by atoms with Crippen molar-refractivity contribution in [1.82, 2.24) is 9.78 Å². The van der Waals surface area contributed by atoms with Crippen LogP contribution >= 0.6 is 0 Å².